The number of carbonyl (C=O) groups excluding carboxylic acids is 2. The van der Waals surface area contributed by atoms with Gasteiger partial charge in [-0.2, -0.15) is 24.8 Å². The lowest BCUT2D eigenvalue weighted by atomic mass is 10.1. The van der Waals surface area contributed by atoms with Crippen molar-refractivity contribution in [1.29, 1.82) is 5.26 Å². The van der Waals surface area contributed by atoms with Crippen molar-refractivity contribution in [2.24, 2.45) is 0 Å². The van der Waals surface area contributed by atoms with E-state index in [1.807, 2.05) is 0 Å². The molecule has 4 N–H and O–H groups in total. The van der Waals surface area contributed by atoms with Gasteiger partial charge >= 0.3 is 6.03 Å². The molecule has 0 atom stereocenters. The minimum Gasteiger partial charge on any atom is -0.351 e. The van der Waals surface area contributed by atoms with Crippen LogP contribution in [0.1, 0.15) is 29.5 Å². The second kappa shape index (κ2) is 7.82. The molecular weight excluding hydrogens is 434 g/mol. The molecule has 1 aliphatic carbocycles. The first-order chi connectivity index (χ1) is 15.5. The molecule has 1 saturated carbocycles. The highest BCUT2D eigenvalue weighted by molar-refractivity contribution is 6.31. The number of hydrogen-bond donors (Lipinski definition) is 4. The summed E-state index contributed by atoms with van der Waals surface area (Å²) in [4.78, 5) is 32.4. The maximum atomic E-state index is 11.9. The topological polar surface area (TPSA) is 149 Å². The van der Waals surface area contributed by atoms with Crippen LogP contribution in [0.5, 0.6) is 0 Å². The fourth-order valence-electron chi connectivity index (χ4n) is 3.15. The van der Waals surface area contributed by atoms with Crippen molar-refractivity contribution in [2.45, 2.75) is 25.4 Å². The van der Waals surface area contributed by atoms with Crippen LogP contribution in [0.15, 0.2) is 30.1 Å². The Kier molecular flexibility index (Phi) is 4.84. The standard InChI is InChI=1S/C20H16ClN9O2/c21-14-5-10(7-22)1-2-11(14)8-23-18-27-16-12(6-15-17(31)28-20(32)26-15)9-24-30(16)19(29-18)25-13-3-4-13/h1-2,5-6,9,13H,3-4,8H2,(H2,23,25,27,29)(H2,26,28,31,32)/b15-6-. The van der Waals surface area contributed by atoms with Crippen LogP contribution in [0.25, 0.3) is 11.7 Å². The predicted octanol–water partition coefficient (Wildman–Crippen LogP) is 2.02. The first-order valence-corrected chi connectivity index (χ1v) is 10.2. The molecular formula is C20H16ClN9O2. The van der Waals surface area contributed by atoms with E-state index in [1.54, 1.807) is 28.9 Å². The number of nitrogens with zero attached hydrogens (tertiary/aromatic N) is 5. The minimum atomic E-state index is -0.579. The van der Waals surface area contributed by atoms with Crippen LogP contribution in [-0.2, 0) is 11.3 Å². The number of urea groups is 1. The van der Waals surface area contributed by atoms with Crippen molar-refractivity contribution < 1.29 is 9.59 Å². The van der Waals surface area contributed by atoms with Gasteiger partial charge in [-0.05, 0) is 36.6 Å². The Bertz CT molecular complexity index is 1340. The molecule has 5 rings (SSSR count). The normalized spacial score (nSPS) is 16.7. The largest absolute Gasteiger partial charge is 0.351 e. The van der Waals surface area contributed by atoms with Gasteiger partial charge in [-0.3, -0.25) is 10.1 Å². The number of carbonyl (C=O) groups is 2. The van der Waals surface area contributed by atoms with Crippen LogP contribution in [0.2, 0.25) is 5.02 Å². The van der Waals surface area contributed by atoms with Crippen molar-refractivity contribution in [3.8, 4) is 6.07 Å². The van der Waals surface area contributed by atoms with E-state index in [-0.39, 0.29) is 5.70 Å². The van der Waals surface area contributed by atoms with E-state index in [0.717, 1.165) is 18.4 Å². The summed E-state index contributed by atoms with van der Waals surface area (Å²) in [6.45, 7) is 0.340. The van der Waals surface area contributed by atoms with E-state index in [1.165, 1.54) is 6.08 Å². The van der Waals surface area contributed by atoms with E-state index < -0.39 is 11.9 Å². The second-order valence-electron chi connectivity index (χ2n) is 7.36. The first kappa shape index (κ1) is 19.8. The highest BCUT2D eigenvalue weighted by atomic mass is 35.5. The molecule has 0 bridgehead atoms. The van der Waals surface area contributed by atoms with Crippen LogP contribution in [0.3, 0.4) is 0 Å². The van der Waals surface area contributed by atoms with Gasteiger partial charge in [0, 0.05) is 23.2 Å². The quantitative estimate of drug-likeness (QED) is 0.330. The lowest BCUT2D eigenvalue weighted by molar-refractivity contribution is -0.115. The van der Waals surface area contributed by atoms with Crippen LogP contribution in [0.4, 0.5) is 16.7 Å². The van der Waals surface area contributed by atoms with E-state index in [2.05, 4.69) is 42.4 Å². The Morgan fingerprint density at radius 1 is 1.28 bits per heavy atom. The SMILES string of the molecule is N#Cc1ccc(CNc2nc(NC3CC3)n3ncc(/C=C4\NC(=O)NC4=O)c3n2)c(Cl)c1. The second-order valence-corrected chi connectivity index (χ2v) is 7.77. The van der Waals surface area contributed by atoms with E-state index in [0.29, 0.717) is 46.3 Å². The Morgan fingerprint density at radius 2 is 2.12 bits per heavy atom. The van der Waals surface area contributed by atoms with Crippen molar-refractivity contribution >= 4 is 47.2 Å². The lowest BCUT2D eigenvalue weighted by Crippen LogP contribution is -2.22. The number of imide groups is 1. The van der Waals surface area contributed by atoms with Gasteiger partial charge in [0.15, 0.2) is 5.65 Å². The number of aromatic nitrogens is 4. The van der Waals surface area contributed by atoms with Crippen LogP contribution in [-0.4, -0.2) is 37.6 Å². The smallest absolute Gasteiger partial charge is 0.326 e. The summed E-state index contributed by atoms with van der Waals surface area (Å²) < 4.78 is 1.55. The molecule has 0 spiro atoms. The molecule has 1 saturated heterocycles. The molecule has 3 amide bonds. The molecule has 3 heterocycles. The molecule has 1 aliphatic heterocycles. The van der Waals surface area contributed by atoms with Crippen molar-refractivity contribution in [3.05, 3.63) is 51.8 Å². The monoisotopic (exact) mass is 449 g/mol. The summed E-state index contributed by atoms with van der Waals surface area (Å²) in [5, 5.41) is 24.9. The summed E-state index contributed by atoms with van der Waals surface area (Å²) in [7, 11) is 0. The summed E-state index contributed by atoms with van der Waals surface area (Å²) >= 11 is 6.27. The van der Waals surface area contributed by atoms with E-state index in [9.17, 15) is 9.59 Å². The Labute approximate surface area is 186 Å². The van der Waals surface area contributed by atoms with Gasteiger partial charge in [0.05, 0.1) is 17.8 Å². The molecule has 2 aromatic heterocycles. The van der Waals surface area contributed by atoms with Gasteiger partial charge in [-0.25, -0.2) is 4.79 Å². The highest BCUT2D eigenvalue weighted by Gasteiger charge is 2.26. The third kappa shape index (κ3) is 3.91. The van der Waals surface area contributed by atoms with Gasteiger partial charge in [0.2, 0.25) is 11.9 Å². The fraction of sp³-hybridized carbons (Fsp3) is 0.200. The number of nitrogens with one attached hydrogen (secondary N) is 4. The van der Waals surface area contributed by atoms with Crippen molar-refractivity contribution in [2.75, 3.05) is 10.6 Å². The number of rotatable bonds is 6. The van der Waals surface area contributed by atoms with Crippen molar-refractivity contribution in [3.63, 3.8) is 0 Å². The number of anilines is 2. The zero-order valence-electron chi connectivity index (χ0n) is 16.5. The van der Waals surface area contributed by atoms with E-state index >= 15 is 0 Å². The van der Waals surface area contributed by atoms with E-state index in [4.69, 9.17) is 16.9 Å². The Morgan fingerprint density at radius 3 is 2.81 bits per heavy atom. The van der Waals surface area contributed by atoms with Crippen LogP contribution >= 0.6 is 11.6 Å². The predicted molar refractivity (Wildman–Crippen MR) is 116 cm³/mol. The molecule has 3 aromatic rings. The average molecular weight is 450 g/mol. The van der Waals surface area contributed by atoms with Crippen LogP contribution in [0, 0.1) is 11.3 Å². The number of hydrogen-bond acceptors (Lipinski definition) is 8. The molecule has 160 valence electrons. The minimum absolute atomic E-state index is 0.110. The number of nitriles is 1. The first-order valence-electron chi connectivity index (χ1n) is 9.79. The number of fused-ring (bicyclic) bond motifs is 1. The Hall–Kier alpha value is -4.17. The van der Waals surface area contributed by atoms with Gasteiger partial charge < -0.3 is 16.0 Å². The van der Waals surface area contributed by atoms with Crippen LogP contribution < -0.4 is 21.3 Å². The van der Waals surface area contributed by atoms with Crippen molar-refractivity contribution in [1.82, 2.24) is 30.2 Å². The number of amides is 3. The number of benzene rings is 1. The highest BCUT2D eigenvalue weighted by Crippen LogP contribution is 2.26. The lowest BCUT2D eigenvalue weighted by Gasteiger charge is -2.11. The van der Waals surface area contributed by atoms with Gasteiger partial charge in [-0.1, -0.05) is 17.7 Å². The third-order valence-corrected chi connectivity index (χ3v) is 5.30. The van der Waals surface area contributed by atoms with Gasteiger partial charge in [0.25, 0.3) is 5.91 Å². The maximum absolute atomic E-state index is 11.9. The third-order valence-electron chi connectivity index (χ3n) is 4.94. The number of halogens is 1. The summed E-state index contributed by atoms with van der Waals surface area (Å²) in [5.74, 6) is 0.324. The molecule has 2 fully saturated rings. The molecule has 12 heteroatoms. The molecule has 0 unspecified atom stereocenters. The molecule has 2 aliphatic rings. The summed E-state index contributed by atoms with van der Waals surface area (Å²) in [6, 6.07) is 6.85. The molecule has 0 radical (unpaired) electrons. The average Bonchev–Trinajstić information content (AvgIpc) is 3.41. The zero-order chi connectivity index (χ0) is 22.2. The van der Waals surface area contributed by atoms with Gasteiger partial charge in [-0.15, -0.1) is 0 Å². The summed E-state index contributed by atoms with van der Waals surface area (Å²) in [5.41, 5.74) is 2.37. The maximum Gasteiger partial charge on any atom is 0.326 e. The van der Waals surface area contributed by atoms with Gasteiger partial charge in [0.1, 0.15) is 5.70 Å². The summed E-state index contributed by atoms with van der Waals surface area (Å²) in [6.07, 6.45) is 5.14. The molecule has 11 nitrogen and oxygen atoms in total. The fourth-order valence-corrected chi connectivity index (χ4v) is 3.40. The molecule has 1 aromatic carbocycles. The Balaban J connectivity index is 1.48. The molecule has 32 heavy (non-hydrogen) atoms. The zero-order valence-corrected chi connectivity index (χ0v) is 17.3.